The van der Waals surface area contributed by atoms with Crippen molar-refractivity contribution in [2.24, 2.45) is 0 Å². The van der Waals surface area contributed by atoms with E-state index in [1.165, 1.54) is 30.6 Å². The molecule has 0 radical (unpaired) electrons. The molecule has 0 spiro atoms. The van der Waals surface area contributed by atoms with Crippen LogP contribution in [0.25, 0.3) is 0 Å². The highest BCUT2D eigenvalue weighted by Gasteiger charge is 2.07. The molecular formula is C14H25NO2. The maximum atomic E-state index is 10.8. The van der Waals surface area contributed by atoms with Crippen LogP contribution in [0.2, 0.25) is 0 Å². The molecule has 0 saturated carbocycles. The molecule has 0 aliphatic rings. The standard InChI is InChI=1S/C14H25NO2/c1-3-5-6-7-8-9-10-11-13-15(12-4-2)14(16)17/h3-4H,1-2,5-13H2,(H,16,17). The summed E-state index contributed by atoms with van der Waals surface area (Å²) in [5, 5.41) is 8.87. The van der Waals surface area contributed by atoms with Gasteiger partial charge < -0.3 is 10.0 Å². The normalized spacial score (nSPS) is 9.88. The van der Waals surface area contributed by atoms with Crippen molar-refractivity contribution < 1.29 is 9.90 Å². The van der Waals surface area contributed by atoms with Gasteiger partial charge in [0.25, 0.3) is 0 Å². The van der Waals surface area contributed by atoms with E-state index in [0.717, 1.165) is 19.3 Å². The summed E-state index contributed by atoms with van der Waals surface area (Å²) in [6.07, 6.45) is 10.8. The van der Waals surface area contributed by atoms with Crippen LogP contribution in [0.5, 0.6) is 0 Å². The lowest BCUT2D eigenvalue weighted by Gasteiger charge is -2.16. The summed E-state index contributed by atoms with van der Waals surface area (Å²) in [7, 11) is 0. The molecule has 0 unspecified atom stereocenters. The second kappa shape index (κ2) is 11.2. The van der Waals surface area contributed by atoms with Crippen molar-refractivity contribution in [1.29, 1.82) is 0 Å². The van der Waals surface area contributed by atoms with Crippen LogP contribution in [-0.2, 0) is 0 Å². The molecule has 0 aromatic heterocycles. The number of carboxylic acid groups (broad SMARTS) is 1. The molecule has 0 bridgehead atoms. The fourth-order valence-corrected chi connectivity index (χ4v) is 1.72. The highest BCUT2D eigenvalue weighted by atomic mass is 16.4. The molecule has 0 aliphatic carbocycles. The largest absolute Gasteiger partial charge is 0.465 e. The molecule has 17 heavy (non-hydrogen) atoms. The zero-order chi connectivity index (χ0) is 12.9. The van der Waals surface area contributed by atoms with Crippen molar-refractivity contribution in [3.63, 3.8) is 0 Å². The molecule has 3 nitrogen and oxygen atoms in total. The van der Waals surface area contributed by atoms with Crippen LogP contribution in [0, 0.1) is 0 Å². The first-order valence-corrected chi connectivity index (χ1v) is 6.42. The highest BCUT2D eigenvalue weighted by Crippen LogP contribution is 2.08. The van der Waals surface area contributed by atoms with E-state index < -0.39 is 6.09 Å². The average molecular weight is 239 g/mol. The van der Waals surface area contributed by atoms with Crippen molar-refractivity contribution in [1.82, 2.24) is 4.90 Å². The Hall–Kier alpha value is -1.25. The molecule has 98 valence electrons. The van der Waals surface area contributed by atoms with Gasteiger partial charge in [-0.1, -0.05) is 37.8 Å². The minimum atomic E-state index is -0.851. The van der Waals surface area contributed by atoms with E-state index in [-0.39, 0.29) is 0 Å². The molecule has 0 heterocycles. The summed E-state index contributed by atoms with van der Waals surface area (Å²) < 4.78 is 0. The Morgan fingerprint density at radius 3 is 2.12 bits per heavy atom. The van der Waals surface area contributed by atoms with Gasteiger partial charge in [0.15, 0.2) is 0 Å². The molecule has 0 aromatic rings. The topological polar surface area (TPSA) is 40.5 Å². The first-order valence-electron chi connectivity index (χ1n) is 6.42. The first-order chi connectivity index (χ1) is 8.22. The van der Waals surface area contributed by atoms with Crippen LogP contribution >= 0.6 is 0 Å². The minimum absolute atomic E-state index is 0.425. The van der Waals surface area contributed by atoms with Gasteiger partial charge >= 0.3 is 6.09 Å². The summed E-state index contributed by atoms with van der Waals surface area (Å²) in [5.41, 5.74) is 0. The van der Waals surface area contributed by atoms with Gasteiger partial charge in [-0.15, -0.1) is 13.2 Å². The Bertz CT molecular complexity index is 226. The number of amides is 1. The minimum Gasteiger partial charge on any atom is -0.465 e. The number of unbranched alkanes of at least 4 members (excludes halogenated alkanes) is 6. The molecule has 0 atom stereocenters. The van der Waals surface area contributed by atoms with Crippen molar-refractivity contribution in [2.45, 2.75) is 44.9 Å². The second-order valence-corrected chi connectivity index (χ2v) is 4.22. The van der Waals surface area contributed by atoms with E-state index in [2.05, 4.69) is 13.2 Å². The fourth-order valence-electron chi connectivity index (χ4n) is 1.72. The van der Waals surface area contributed by atoms with E-state index in [0.29, 0.717) is 13.1 Å². The lowest BCUT2D eigenvalue weighted by molar-refractivity contribution is 0.149. The lowest BCUT2D eigenvalue weighted by atomic mass is 10.1. The van der Waals surface area contributed by atoms with Gasteiger partial charge in [0.1, 0.15) is 0 Å². The molecular weight excluding hydrogens is 214 g/mol. The van der Waals surface area contributed by atoms with Crippen molar-refractivity contribution in [2.75, 3.05) is 13.1 Å². The van der Waals surface area contributed by atoms with Crippen LogP contribution in [-0.4, -0.2) is 29.2 Å². The molecule has 1 N–H and O–H groups in total. The van der Waals surface area contributed by atoms with Crippen LogP contribution in [0.3, 0.4) is 0 Å². The third kappa shape index (κ3) is 9.67. The molecule has 3 heteroatoms. The third-order valence-corrected chi connectivity index (χ3v) is 2.71. The Morgan fingerprint density at radius 2 is 1.59 bits per heavy atom. The molecule has 0 aliphatic heterocycles. The molecule has 0 aromatic carbocycles. The van der Waals surface area contributed by atoms with Gasteiger partial charge in [0.05, 0.1) is 0 Å². The van der Waals surface area contributed by atoms with Gasteiger partial charge in [-0.25, -0.2) is 4.79 Å². The average Bonchev–Trinajstić information content (AvgIpc) is 2.31. The fraction of sp³-hybridized carbons (Fsp3) is 0.643. The zero-order valence-electron chi connectivity index (χ0n) is 10.7. The van der Waals surface area contributed by atoms with E-state index >= 15 is 0 Å². The van der Waals surface area contributed by atoms with E-state index in [9.17, 15) is 4.79 Å². The second-order valence-electron chi connectivity index (χ2n) is 4.22. The lowest BCUT2D eigenvalue weighted by Crippen LogP contribution is -2.30. The van der Waals surface area contributed by atoms with Gasteiger partial charge in [0, 0.05) is 13.1 Å². The predicted octanol–water partition coefficient (Wildman–Crippen LogP) is 4.07. The molecule has 0 rings (SSSR count). The molecule has 1 amide bonds. The molecule has 0 saturated heterocycles. The molecule has 0 fully saturated rings. The maximum Gasteiger partial charge on any atom is 0.407 e. The highest BCUT2D eigenvalue weighted by molar-refractivity contribution is 5.65. The summed E-state index contributed by atoms with van der Waals surface area (Å²) in [6.45, 7) is 8.29. The SMILES string of the molecule is C=CCCCCCCCCN(CC=C)C(=O)O. The van der Waals surface area contributed by atoms with Gasteiger partial charge in [-0.05, 0) is 19.3 Å². The monoisotopic (exact) mass is 239 g/mol. The first kappa shape index (κ1) is 15.8. The third-order valence-electron chi connectivity index (χ3n) is 2.71. The Balaban J connectivity index is 3.39. The van der Waals surface area contributed by atoms with Gasteiger partial charge in [-0.2, -0.15) is 0 Å². The number of nitrogens with zero attached hydrogens (tertiary/aromatic N) is 1. The number of rotatable bonds is 11. The van der Waals surface area contributed by atoms with Crippen LogP contribution in [0.4, 0.5) is 4.79 Å². The van der Waals surface area contributed by atoms with Crippen LogP contribution < -0.4 is 0 Å². The number of hydrogen-bond acceptors (Lipinski definition) is 1. The Labute approximate surface area is 105 Å². The predicted molar refractivity (Wildman–Crippen MR) is 72.3 cm³/mol. The smallest absolute Gasteiger partial charge is 0.407 e. The quantitative estimate of drug-likeness (QED) is 0.436. The van der Waals surface area contributed by atoms with E-state index in [1.807, 2.05) is 6.08 Å². The summed E-state index contributed by atoms with van der Waals surface area (Å²) in [5.74, 6) is 0. The number of hydrogen-bond donors (Lipinski definition) is 1. The summed E-state index contributed by atoms with van der Waals surface area (Å²) in [4.78, 5) is 12.2. The Kier molecular flexibility index (Phi) is 10.4. The van der Waals surface area contributed by atoms with Gasteiger partial charge in [0.2, 0.25) is 0 Å². The number of carbonyl (C=O) groups is 1. The van der Waals surface area contributed by atoms with E-state index in [1.54, 1.807) is 6.08 Å². The maximum absolute atomic E-state index is 10.8. The van der Waals surface area contributed by atoms with Crippen molar-refractivity contribution in [3.8, 4) is 0 Å². The number of allylic oxidation sites excluding steroid dienone is 1. The van der Waals surface area contributed by atoms with Crippen LogP contribution in [0.15, 0.2) is 25.3 Å². The Morgan fingerprint density at radius 1 is 1.00 bits per heavy atom. The zero-order valence-corrected chi connectivity index (χ0v) is 10.7. The van der Waals surface area contributed by atoms with Gasteiger partial charge in [-0.3, -0.25) is 0 Å². The van der Waals surface area contributed by atoms with Crippen molar-refractivity contribution in [3.05, 3.63) is 25.3 Å². The van der Waals surface area contributed by atoms with Crippen LogP contribution in [0.1, 0.15) is 44.9 Å². The van der Waals surface area contributed by atoms with Crippen molar-refractivity contribution >= 4 is 6.09 Å². The van der Waals surface area contributed by atoms with E-state index in [4.69, 9.17) is 5.11 Å². The summed E-state index contributed by atoms with van der Waals surface area (Å²) >= 11 is 0. The summed E-state index contributed by atoms with van der Waals surface area (Å²) in [6, 6.07) is 0.